The number of nitrogens with zero attached hydrogens (tertiary/aromatic N) is 6. The van der Waals surface area contributed by atoms with E-state index >= 15 is 0 Å². The van der Waals surface area contributed by atoms with Crippen molar-refractivity contribution in [1.29, 1.82) is 0 Å². The van der Waals surface area contributed by atoms with Gasteiger partial charge in [-0.25, -0.2) is 4.98 Å². The average molecular weight is 703 g/mol. The minimum Gasteiger partial charge on any atom is -0.385 e. The van der Waals surface area contributed by atoms with Crippen LogP contribution in [-0.4, -0.2) is 92.1 Å². The zero-order valence-corrected chi connectivity index (χ0v) is 29.1. The number of nitrogens with one attached hydrogen (secondary N) is 2. The maximum atomic E-state index is 13.2. The van der Waals surface area contributed by atoms with Crippen LogP contribution < -0.4 is 10.6 Å². The number of hydrogen-bond donors (Lipinski definition) is 2. The van der Waals surface area contributed by atoms with E-state index in [0.717, 1.165) is 104 Å². The summed E-state index contributed by atoms with van der Waals surface area (Å²) in [5.41, 5.74) is 7.56. The Morgan fingerprint density at radius 2 is 1.73 bits per heavy atom. The lowest BCUT2D eigenvalue weighted by Crippen LogP contribution is -2.54. The minimum atomic E-state index is -0.965. The molecule has 2 saturated carbocycles. The highest BCUT2D eigenvalue weighted by molar-refractivity contribution is 6.23. The Balaban J connectivity index is 0.793. The van der Waals surface area contributed by atoms with Gasteiger partial charge in [-0.2, -0.15) is 5.10 Å². The Morgan fingerprint density at radius 3 is 2.54 bits per heavy atom. The van der Waals surface area contributed by atoms with Crippen LogP contribution in [0, 0.1) is 5.92 Å². The van der Waals surface area contributed by atoms with Crippen molar-refractivity contribution in [3.63, 3.8) is 0 Å². The number of carbonyl (C=O) groups is 4. The molecule has 52 heavy (non-hydrogen) atoms. The Bertz CT molecular complexity index is 2080. The molecule has 2 N–H and O–H groups in total. The fraction of sp³-hybridized carbons (Fsp3) is 0.462. The van der Waals surface area contributed by atoms with Gasteiger partial charge in [0.1, 0.15) is 6.04 Å². The molecule has 1 unspecified atom stereocenters. The largest absolute Gasteiger partial charge is 0.385 e. The van der Waals surface area contributed by atoms with E-state index in [2.05, 4.69) is 44.6 Å². The van der Waals surface area contributed by atoms with Crippen LogP contribution in [0.1, 0.15) is 95.3 Å². The average Bonchev–Trinajstić information content (AvgIpc) is 3.84. The van der Waals surface area contributed by atoms with Crippen molar-refractivity contribution in [2.24, 2.45) is 5.92 Å². The molecule has 2 aliphatic carbocycles. The number of imide groups is 2. The first kappa shape index (κ1) is 32.9. The van der Waals surface area contributed by atoms with Crippen molar-refractivity contribution in [1.82, 2.24) is 34.9 Å². The molecule has 268 valence electrons. The molecule has 1 atom stereocenters. The molecule has 0 radical (unpaired) electrons. The maximum Gasteiger partial charge on any atom is 0.262 e. The third-order valence-electron chi connectivity index (χ3n) is 11.3. The summed E-state index contributed by atoms with van der Waals surface area (Å²) in [6.45, 7) is 5.10. The number of fused-ring (bicyclic) bond motifs is 2. The van der Waals surface area contributed by atoms with Crippen LogP contribution in [0.3, 0.4) is 0 Å². The lowest BCUT2D eigenvalue weighted by Gasteiger charge is -2.35. The Kier molecular flexibility index (Phi) is 8.54. The molecule has 2 aromatic heterocycles. The molecule has 5 aliphatic rings. The topological polar surface area (TPSA) is 152 Å². The fourth-order valence-electron chi connectivity index (χ4n) is 8.11. The van der Waals surface area contributed by atoms with Gasteiger partial charge in [0, 0.05) is 56.0 Å². The summed E-state index contributed by atoms with van der Waals surface area (Å²) in [5.74, 6) is -0.861. The first-order valence-electron chi connectivity index (χ1n) is 18.6. The molecule has 4 amide bonds. The summed E-state index contributed by atoms with van der Waals surface area (Å²) >= 11 is 0. The van der Waals surface area contributed by atoms with Gasteiger partial charge in [-0.1, -0.05) is 6.07 Å². The van der Waals surface area contributed by atoms with Crippen LogP contribution in [-0.2, 0) is 20.9 Å². The number of ether oxygens (including phenoxy) is 1. The summed E-state index contributed by atoms with van der Waals surface area (Å²) in [6, 6.07) is 11.0. The summed E-state index contributed by atoms with van der Waals surface area (Å²) in [5, 5.41) is 10.8. The first-order chi connectivity index (χ1) is 25.4. The predicted molar refractivity (Wildman–Crippen MR) is 191 cm³/mol. The lowest BCUT2D eigenvalue weighted by molar-refractivity contribution is -0.136. The molecular formula is C39H42N8O5. The van der Waals surface area contributed by atoms with Crippen LogP contribution >= 0.6 is 0 Å². The summed E-state index contributed by atoms with van der Waals surface area (Å²) in [6.07, 6.45) is 10.9. The SMILES string of the molecule is O=C1CCC(N2C(=O)c3ccc(NCCC[C@H]4C[C@H](n5cc(-c6cnc7ccc(CN8CCOCC8)cc7n6)c(C6CC6)n5)C4)cc3C2=O)C(=O)N1. The van der Waals surface area contributed by atoms with Gasteiger partial charge in [0.2, 0.25) is 11.8 Å². The van der Waals surface area contributed by atoms with E-state index in [4.69, 9.17) is 19.8 Å². The fourth-order valence-corrected chi connectivity index (χ4v) is 8.11. The van der Waals surface area contributed by atoms with Gasteiger partial charge < -0.3 is 10.1 Å². The molecule has 0 spiro atoms. The van der Waals surface area contributed by atoms with E-state index in [9.17, 15) is 19.2 Å². The van der Waals surface area contributed by atoms with Gasteiger partial charge in [0.05, 0.1) is 59.0 Å². The molecule has 13 heteroatoms. The number of amides is 4. The highest BCUT2D eigenvalue weighted by atomic mass is 16.5. The second-order valence-electron chi connectivity index (χ2n) is 14.9. The molecule has 4 aromatic rings. The zero-order chi connectivity index (χ0) is 35.3. The highest BCUT2D eigenvalue weighted by Crippen LogP contribution is 2.46. The van der Waals surface area contributed by atoms with Crippen molar-refractivity contribution in [3.05, 3.63) is 71.2 Å². The van der Waals surface area contributed by atoms with E-state index in [1.54, 1.807) is 18.2 Å². The number of hydrogen-bond acceptors (Lipinski definition) is 10. The predicted octanol–water partition coefficient (Wildman–Crippen LogP) is 4.45. The van der Waals surface area contributed by atoms with Gasteiger partial charge >= 0.3 is 0 Å². The number of benzene rings is 2. The molecule has 2 saturated heterocycles. The number of anilines is 1. The van der Waals surface area contributed by atoms with Crippen LogP contribution in [0.15, 0.2) is 48.8 Å². The monoisotopic (exact) mass is 702 g/mol. The van der Waals surface area contributed by atoms with E-state index in [1.165, 1.54) is 18.4 Å². The van der Waals surface area contributed by atoms with E-state index in [0.29, 0.717) is 17.9 Å². The third kappa shape index (κ3) is 6.36. The Hall–Kier alpha value is -5.01. The number of morpholine rings is 1. The molecule has 4 fully saturated rings. The molecular weight excluding hydrogens is 660 g/mol. The van der Waals surface area contributed by atoms with Gasteiger partial charge in [-0.3, -0.25) is 44.0 Å². The van der Waals surface area contributed by atoms with Gasteiger partial charge in [-0.05, 0) is 86.8 Å². The molecule has 2 aromatic carbocycles. The van der Waals surface area contributed by atoms with Crippen molar-refractivity contribution in [2.75, 3.05) is 38.2 Å². The van der Waals surface area contributed by atoms with Crippen molar-refractivity contribution >= 4 is 40.3 Å². The molecule has 9 rings (SSSR count). The zero-order valence-electron chi connectivity index (χ0n) is 29.1. The van der Waals surface area contributed by atoms with Crippen LogP contribution in [0.25, 0.3) is 22.3 Å². The second kappa shape index (κ2) is 13.5. The van der Waals surface area contributed by atoms with Gasteiger partial charge in [-0.15, -0.1) is 0 Å². The van der Waals surface area contributed by atoms with E-state index in [1.807, 2.05) is 6.20 Å². The van der Waals surface area contributed by atoms with Gasteiger partial charge in [0.25, 0.3) is 11.8 Å². The van der Waals surface area contributed by atoms with Crippen molar-refractivity contribution in [2.45, 2.75) is 75.9 Å². The minimum absolute atomic E-state index is 0.0978. The third-order valence-corrected chi connectivity index (χ3v) is 11.3. The van der Waals surface area contributed by atoms with Gasteiger partial charge in [0.15, 0.2) is 0 Å². The summed E-state index contributed by atoms with van der Waals surface area (Å²) < 4.78 is 7.69. The van der Waals surface area contributed by atoms with Crippen LogP contribution in [0.2, 0.25) is 0 Å². The second-order valence-corrected chi connectivity index (χ2v) is 14.9. The number of aromatic nitrogens is 4. The normalized spacial score (nSPS) is 23.5. The van der Waals surface area contributed by atoms with Crippen molar-refractivity contribution < 1.29 is 23.9 Å². The smallest absolute Gasteiger partial charge is 0.262 e. The molecule has 13 nitrogen and oxygen atoms in total. The lowest BCUT2D eigenvalue weighted by atomic mass is 9.77. The Morgan fingerprint density at radius 1 is 0.904 bits per heavy atom. The quantitative estimate of drug-likeness (QED) is 0.170. The maximum absolute atomic E-state index is 13.2. The van der Waals surface area contributed by atoms with E-state index in [-0.39, 0.29) is 29.9 Å². The summed E-state index contributed by atoms with van der Waals surface area (Å²) in [7, 11) is 0. The van der Waals surface area contributed by atoms with Crippen molar-refractivity contribution in [3.8, 4) is 11.3 Å². The van der Waals surface area contributed by atoms with Crippen LogP contribution in [0.4, 0.5) is 5.69 Å². The molecule has 3 aliphatic heterocycles. The highest BCUT2D eigenvalue weighted by Gasteiger charge is 2.44. The number of piperidine rings is 1. The first-order valence-corrected chi connectivity index (χ1v) is 18.6. The van der Waals surface area contributed by atoms with Crippen LogP contribution in [0.5, 0.6) is 0 Å². The standard InChI is InChI=1S/C39H42N8O5/c48-35-10-9-34(37(49)43-35)47-38(50)28-7-6-26(19-29(28)39(47)51)40-11-1-2-23-16-27(17-23)46-22-30(36(44-46)25-4-5-25)33-20-41-31-8-3-24(18-32(31)42-33)21-45-12-14-52-15-13-45/h3,6-8,18-20,22-23,25,27,34,40H,1-2,4-5,9-17,21H2,(H,43,48,49)/t23-,27-,34?. The molecule has 0 bridgehead atoms. The Labute approximate surface area is 301 Å². The number of carbonyl (C=O) groups excluding carboxylic acids is 4. The molecule has 5 heterocycles. The number of rotatable bonds is 11. The summed E-state index contributed by atoms with van der Waals surface area (Å²) in [4.78, 5) is 63.4. The van der Waals surface area contributed by atoms with E-state index < -0.39 is 23.8 Å².